The van der Waals surface area contributed by atoms with Crippen LogP contribution < -0.4 is 9.64 Å². The van der Waals surface area contributed by atoms with Crippen LogP contribution >= 0.6 is 11.3 Å². The van der Waals surface area contributed by atoms with Gasteiger partial charge in [0.2, 0.25) is 0 Å². The van der Waals surface area contributed by atoms with Gasteiger partial charge in [-0.3, -0.25) is 14.5 Å². The van der Waals surface area contributed by atoms with E-state index in [-0.39, 0.29) is 21.3 Å². The number of methoxy groups -OCH3 is 2. The number of carbonyl (C=O) groups excluding carboxylic acids is 3. The van der Waals surface area contributed by atoms with Crippen molar-refractivity contribution in [2.75, 3.05) is 19.1 Å². The van der Waals surface area contributed by atoms with Crippen LogP contribution in [0.3, 0.4) is 0 Å². The molecule has 4 rings (SSSR count). The highest BCUT2D eigenvalue weighted by Gasteiger charge is 2.48. The van der Waals surface area contributed by atoms with E-state index in [1.165, 1.54) is 19.1 Å². The third-order valence-electron chi connectivity index (χ3n) is 5.56. The van der Waals surface area contributed by atoms with E-state index in [0.29, 0.717) is 22.6 Å². The lowest BCUT2D eigenvalue weighted by Crippen LogP contribution is -2.29. The molecule has 1 saturated heterocycles. The van der Waals surface area contributed by atoms with E-state index in [1.54, 1.807) is 55.5 Å². The Hall–Kier alpha value is -3.98. The Morgan fingerprint density at radius 2 is 1.68 bits per heavy atom. The van der Waals surface area contributed by atoms with E-state index >= 15 is 0 Å². The molecular weight excluding hydrogens is 456 g/mol. The fraction of sp³-hybridized carbons (Fsp3) is 0.200. The van der Waals surface area contributed by atoms with Gasteiger partial charge in [-0.1, -0.05) is 53.3 Å². The van der Waals surface area contributed by atoms with Crippen molar-refractivity contribution < 1.29 is 29.0 Å². The molecule has 0 spiro atoms. The zero-order chi connectivity index (χ0) is 24.6. The number of amides is 1. The molecule has 2 heterocycles. The van der Waals surface area contributed by atoms with Crippen LogP contribution in [0.4, 0.5) is 5.13 Å². The van der Waals surface area contributed by atoms with Gasteiger partial charge in [-0.25, -0.2) is 9.78 Å². The van der Waals surface area contributed by atoms with E-state index in [2.05, 4.69) is 4.98 Å². The summed E-state index contributed by atoms with van der Waals surface area (Å²) in [5.74, 6) is -1.97. The number of hydrogen-bond acceptors (Lipinski definition) is 8. The minimum absolute atomic E-state index is 0.0634. The van der Waals surface area contributed by atoms with E-state index in [9.17, 15) is 19.5 Å². The SMILES string of the molecule is COC(=O)c1sc(N2C(=O)C(=O)C(=C(O)c3ccc(C)cc3)[C@H]2c2ccc(OC)cc2)nc1C. The first-order valence-electron chi connectivity index (χ1n) is 10.3. The second kappa shape index (κ2) is 9.11. The summed E-state index contributed by atoms with van der Waals surface area (Å²) in [5.41, 5.74) is 2.28. The van der Waals surface area contributed by atoms with Gasteiger partial charge in [-0.2, -0.15) is 0 Å². The highest BCUT2D eigenvalue weighted by Crippen LogP contribution is 2.44. The van der Waals surface area contributed by atoms with Gasteiger partial charge in [0.25, 0.3) is 5.78 Å². The summed E-state index contributed by atoms with van der Waals surface area (Å²) in [4.78, 5) is 44.4. The number of benzene rings is 2. The van der Waals surface area contributed by atoms with Crippen molar-refractivity contribution >= 4 is 39.9 Å². The number of nitrogens with zero attached hydrogens (tertiary/aromatic N) is 2. The number of hydrogen-bond donors (Lipinski definition) is 1. The number of aliphatic hydroxyl groups is 1. The van der Waals surface area contributed by atoms with Crippen molar-refractivity contribution in [3.8, 4) is 5.75 Å². The zero-order valence-electron chi connectivity index (χ0n) is 19.0. The monoisotopic (exact) mass is 478 g/mol. The number of carbonyl (C=O) groups is 3. The Balaban J connectivity index is 1.92. The summed E-state index contributed by atoms with van der Waals surface area (Å²) in [6, 6.07) is 12.9. The predicted octanol–water partition coefficient (Wildman–Crippen LogP) is 4.18. The van der Waals surface area contributed by atoms with Gasteiger partial charge in [0.15, 0.2) is 5.13 Å². The third-order valence-corrected chi connectivity index (χ3v) is 6.70. The standard InChI is InChI=1S/C25H22N2O6S/c1-13-5-7-16(8-6-13)20(28)18-19(15-9-11-17(32-3)12-10-15)27(23(30)21(18)29)25-26-14(2)22(34-25)24(31)33-4/h5-12,19,28H,1-4H3/t19-/m1/s1. The second-order valence-corrected chi connectivity index (χ2v) is 8.69. The maximum atomic E-state index is 13.2. The van der Waals surface area contributed by atoms with Crippen LogP contribution in [-0.4, -0.2) is 42.0 Å². The normalized spacial score (nSPS) is 17.2. The number of ether oxygens (including phenoxy) is 2. The number of Topliss-reactive ketones (excluding diaryl/α,β-unsaturated/α-hetero) is 1. The van der Waals surface area contributed by atoms with Gasteiger partial charge in [0.1, 0.15) is 16.4 Å². The average molecular weight is 479 g/mol. The van der Waals surface area contributed by atoms with Gasteiger partial charge in [-0.05, 0) is 31.5 Å². The van der Waals surface area contributed by atoms with Crippen molar-refractivity contribution in [2.45, 2.75) is 19.9 Å². The lowest BCUT2D eigenvalue weighted by molar-refractivity contribution is -0.132. The Bertz CT molecular complexity index is 1310. The summed E-state index contributed by atoms with van der Waals surface area (Å²) in [5, 5.41) is 11.3. The molecule has 0 unspecified atom stereocenters. The number of thiazole rings is 1. The quantitative estimate of drug-likeness (QED) is 0.254. The van der Waals surface area contributed by atoms with Crippen molar-refractivity contribution in [1.29, 1.82) is 0 Å². The molecule has 1 N–H and O–H groups in total. The largest absolute Gasteiger partial charge is 0.507 e. The second-order valence-electron chi connectivity index (χ2n) is 7.71. The van der Waals surface area contributed by atoms with Gasteiger partial charge in [-0.15, -0.1) is 0 Å². The predicted molar refractivity (Wildman–Crippen MR) is 127 cm³/mol. The maximum Gasteiger partial charge on any atom is 0.350 e. The molecule has 9 heteroatoms. The van der Waals surface area contributed by atoms with Gasteiger partial charge < -0.3 is 14.6 Å². The van der Waals surface area contributed by atoms with E-state index in [1.807, 2.05) is 6.92 Å². The zero-order valence-corrected chi connectivity index (χ0v) is 19.8. The van der Waals surface area contributed by atoms with Crippen LogP contribution in [0.25, 0.3) is 5.76 Å². The average Bonchev–Trinajstić information content (AvgIpc) is 3.35. The molecule has 34 heavy (non-hydrogen) atoms. The Morgan fingerprint density at radius 3 is 2.26 bits per heavy atom. The molecule has 1 aromatic heterocycles. The fourth-order valence-electron chi connectivity index (χ4n) is 3.77. The Labute approximate surface area is 200 Å². The topological polar surface area (TPSA) is 106 Å². The number of anilines is 1. The molecule has 3 aromatic rings. The molecule has 2 aromatic carbocycles. The summed E-state index contributed by atoms with van der Waals surface area (Å²) in [7, 11) is 2.79. The highest BCUT2D eigenvalue weighted by molar-refractivity contribution is 7.17. The van der Waals surface area contributed by atoms with Gasteiger partial charge in [0, 0.05) is 5.56 Å². The van der Waals surface area contributed by atoms with E-state index in [4.69, 9.17) is 9.47 Å². The Kier molecular flexibility index (Phi) is 6.21. The van der Waals surface area contributed by atoms with Crippen LogP contribution in [0, 0.1) is 13.8 Å². The van der Waals surface area contributed by atoms with E-state index < -0.39 is 23.7 Å². The number of aliphatic hydroxyl groups excluding tert-OH is 1. The molecule has 1 fully saturated rings. The smallest absolute Gasteiger partial charge is 0.350 e. The first kappa shape index (κ1) is 23.2. The van der Waals surface area contributed by atoms with Crippen molar-refractivity contribution in [3.63, 3.8) is 0 Å². The number of rotatable bonds is 5. The minimum Gasteiger partial charge on any atom is -0.507 e. The lowest BCUT2D eigenvalue weighted by Gasteiger charge is -2.23. The first-order chi connectivity index (χ1) is 16.3. The molecule has 0 bridgehead atoms. The van der Waals surface area contributed by atoms with Crippen LogP contribution in [0.2, 0.25) is 0 Å². The highest BCUT2D eigenvalue weighted by atomic mass is 32.1. The molecule has 8 nitrogen and oxygen atoms in total. The number of aromatic nitrogens is 1. The molecule has 1 aliphatic heterocycles. The minimum atomic E-state index is -0.955. The van der Waals surface area contributed by atoms with Crippen molar-refractivity contribution in [2.24, 2.45) is 0 Å². The van der Waals surface area contributed by atoms with Crippen molar-refractivity contribution in [1.82, 2.24) is 4.98 Å². The third kappa shape index (κ3) is 3.94. The van der Waals surface area contributed by atoms with Crippen LogP contribution in [0.5, 0.6) is 5.75 Å². The van der Waals surface area contributed by atoms with Crippen LogP contribution in [0.1, 0.15) is 38.1 Å². The molecule has 1 aliphatic rings. The van der Waals surface area contributed by atoms with E-state index in [0.717, 1.165) is 16.9 Å². The van der Waals surface area contributed by atoms with Gasteiger partial charge >= 0.3 is 11.9 Å². The molecule has 0 radical (unpaired) electrons. The van der Waals surface area contributed by atoms with Crippen molar-refractivity contribution in [3.05, 3.63) is 81.4 Å². The summed E-state index contributed by atoms with van der Waals surface area (Å²) in [6.07, 6.45) is 0. The lowest BCUT2D eigenvalue weighted by atomic mass is 9.95. The number of ketones is 1. The molecule has 1 amide bonds. The summed E-state index contributed by atoms with van der Waals surface area (Å²) in [6.45, 7) is 3.53. The molecule has 1 atom stereocenters. The molecular formula is C25H22N2O6S. The molecule has 0 saturated carbocycles. The molecule has 0 aliphatic carbocycles. The van der Waals surface area contributed by atoms with Gasteiger partial charge in [0.05, 0.1) is 31.5 Å². The van der Waals surface area contributed by atoms with Crippen LogP contribution in [0.15, 0.2) is 54.1 Å². The fourth-order valence-corrected chi connectivity index (χ4v) is 4.78. The summed E-state index contributed by atoms with van der Waals surface area (Å²) >= 11 is 0.951. The summed E-state index contributed by atoms with van der Waals surface area (Å²) < 4.78 is 10.0. The molecule has 174 valence electrons. The number of aryl methyl sites for hydroxylation is 2. The van der Waals surface area contributed by atoms with Crippen LogP contribution in [-0.2, 0) is 14.3 Å². The first-order valence-corrected chi connectivity index (χ1v) is 11.2. The number of esters is 1. The Morgan fingerprint density at radius 1 is 1.03 bits per heavy atom. The maximum absolute atomic E-state index is 13.2.